The first-order valence-electron chi connectivity index (χ1n) is 14.0. The summed E-state index contributed by atoms with van der Waals surface area (Å²) in [5, 5.41) is 7.13. The molecule has 0 radical (unpaired) electrons. The van der Waals surface area contributed by atoms with E-state index in [0.29, 0.717) is 17.7 Å². The molecule has 0 aliphatic rings. The Morgan fingerprint density at radius 1 is 0.690 bits per heavy atom. The first kappa shape index (κ1) is 29.0. The van der Waals surface area contributed by atoms with Crippen LogP contribution < -0.4 is 0 Å². The van der Waals surface area contributed by atoms with Crippen molar-refractivity contribution in [3.05, 3.63) is 97.1 Å². The van der Waals surface area contributed by atoms with Gasteiger partial charge >= 0.3 is 11.9 Å². The van der Waals surface area contributed by atoms with Crippen LogP contribution in [0.25, 0.3) is 43.4 Å². The second-order valence-electron chi connectivity index (χ2n) is 10.4. The average Bonchev–Trinajstić information content (AvgIpc) is 3.32. The zero-order valence-electron chi connectivity index (χ0n) is 24.1. The number of benzene rings is 4. The molecule has 216 valence electrons. The van der Waals surface area contributed by atoms with Crippen molar-refractivity contribution in [1.29, 1.82) is 0 Å². The van der Waals surface area contributed by atoms with Crippen molar-refractivity contribution in [3.63, 3.8) is 0 Å². The molecule has 7 heteroatoms. The number of hydrogen-bond donors (Lipinski definition) is 0. The van der Waals surface area contributed by atoms with E-state index in [9.17, 15) is 9.59 Å². The van der Waals surface area contributed by atoms with Crippen LogP contribution in [0, 0.1) is 0 Å². The lowest BCUT2D eigenvalue weighted by atomic mass is 10.00. The predicted octanol–water partition coefficient (Wildman–Crippen LogP) is 6.74. The van der Waals surface area contributed by atoms with Gasteiger partial charge in [-0.1, -0.05) is 73.8 Å². The SMILES string of the molecule is C=C(C)C(=O)OCCOCC(Cn1c2ccc3ccccc3c2c2c3ccccc3ccc21)OCCOC(=O)C(=C)C. The molecule has 5 rings (SSSR count). The second-order valence-corrected chi connectivity index (χ2v) is 10.4. The maximum Gasteiger partial charge on any atom is 0.333 e. The molecule has 0 saturated carbocycles. The standard InChI is InChI=1S/C35H35NO6/c1-23(2)34(37)41-18-17-39-22-27(40-19-20-42-35(38)24(3)4)21-36-30-15-13-25-9-5-7-11-28(25)32(30)33-29-12-8-6-10-26(29)14-16-31(33)36/h5-16,27H,1,3,17-22H2,2,4H3. The van der Waals surface area contributed by atoms with Crippen LogP contribution in [0.3, 0.4) is 0 Å². The Morgan fingerprint density at radius 3 is 1.71 bits per heavy atom. The monoisotopic (exact) mass is 565 g/mol. The Bertz CT molecular complexity index is 1710. The Balaban J connectivity index is 1.47. The summed E-state index contributed by atoms with van der Waals surface area (Å²) in [5.41, 5.74) is 2.87. The zero-order valence-corrected chi connectivity index (χ0v) is 24.1. The number of carbonyl (C=O) groups excluding carboxylic acids is 2. The highest BCUT2D eigenvalue weighted by atomic mass is 16.6. The number of rotatable bonds is 13. The fourth-order valence-corrected chi connectivity index (χ4v) is 5.18. The molecule has 1 aromatic heterocycles. The van der Waals surface area contributed by atoms with Gasteiger partial charge in [0.2, 0.25) is 0 Å². The Morgan fingerprint density at radius 2 is 1.19 bits per heavy atom. The van der Waals surface area contributed by atoms with E-state index in [1.807, 2.05) is 0 Å². The molecule has 1 atom stereocenters. The molecule has 1 heterocycles. The van der Waals surface area contributed by atoms with Gasteiger partial charge in [0.15, 0.2) is 0 Å². The fraction of sp³-hybridized carbons (Fsp3) is 0.257. The van der Waals surface area contributed by atoms with Gasteiger partial charge in [-0.15, -0.1) is 0 Å². The van der Waals surface area contributed by atoms with Crippen molar-refractivity contribution in [3.8, 4) is 0 Å². The van der Waals surface area contributed by atoms with Crippen LogP contribution in [0.15, 0.2) is 97.1 Å². The number of nitrogens with zero attached hydrogens (tertiary/aromatic N) is 1. The Kier molecular flexibility index (Phi) is 9.00. The summed E-state index contributed by atoms with van der Waals surface area (Å²) in [7, 11) is 0. The quantitative estimate of drug-likeness (QED) is 0.0894. The summed E-state index contributed by atoms with van der Waals surface area (Å²) in [5.74, 6) is -0.901. The van der Waals surface area contributed by atoms with Gasteiger partial charge in [-0.2, -0.15) is 0 Å². The van der Waals surface area contributed by atoms with Gasteiger partial charge < -0.3 is 23.5 Å². The Hall–Kier alpha value is -4.46. The van der Waals surface area contributed by atoms with Crippen LogP contribution in [0.2, 0.25) is 0 Å². The fourth-order valence-electron chi connectivity index (χ4n) is 5.18. The molecule has 7 nitrogen and oxygen atoms in total. The van der Waals surface area contributed by atoms with Crippen molar-refractivity contribution in [1.82, 2.24) is 4.57 Å². The van der Waals surface area contributed by atoms with Crippen molar-refractivity contribution in [2.45, 2.75) is 26.5 Å². The minimum atomic E-state index is -0.452. The minimum absolute atomic E-state index is 0.0981. The van der Waals surface area contributed by atoms with E-state index in [2.05, 4.69) is 90.5 Å². The summed E-state index contributed by atoms with van der Waals surface area (Å²) in [6.45, 7) is 11.8. The molecule has 0 aliphatic heterocycles. The number of fused-ring (bicyclic) bond motifs is 7. The van der Waals surface area contributed by atoms with Crippen LogP contribution in [0.5, 0.6) is 0 Å². The zero-order chi connectivity index (χ0) is 29.6. The molecule has 5 aromatic rings. The van der Waals surface area contributed by atoms with Gasteiger partial charge in [0.25, 0.3) is 0 Å². The van der Waals surface area contributed by atoms with Crippen LogP contribution in [0.1, 0.15) is 13.8 Å². The highest BCUT2D eigenvalue weighted by molar-refractivity contribution is 6.27. The molecule has 0 bridgehead atoms. The van der Waals surface area contributed by atoms with Gasteiger partial charge in [-0.3, -0.25) is 0 Å². The molecular weight excluding hydrogens is 530 g/mol. The first-order valence-corrected chi connectivity index (χ1v) is 14.0. The number of ether oxygens (including phenoxy) is 4. The summed E-state index contributed by atoms with van der Waals surface area (Å²) < 4.78 is 24.8. The summed E-state index contributed by atoms with van der Waals surface area (Å²) in [6, 6.07) is 25.5. The van der Waals surface area contributed by atoms with E-state index in [-0.39, 0.29) is 39.1 Å². The number of hydrogen-bond acceptors (Lipinski definition) is 6. The van der Waals surface area contributed by atoms with Crippen LogP contribution in [0.4, 0.5) is 0 Å². The van der Waals surface area contributed by atoms with Crippen molar-refractivity contribution >= 4 is 55.3 Å². The van der Waals surface area contributed by atoms with Gasteiger partial charge in [0.05, 0.1) is 32.5 Å². The van der Waals surface area contributed by atoms with Crippen molar-refractivity contribution in [2.24, 2.45) is 0 Å². The third-order valence-corrected chi connectivity index (χ3v) is 7.16. The lowest BCUT2D eigenvalue weighted by Gasteiger charge is -2.20. The first-order chi connectivity index (χ1) is 20.3. The van der Waals surface area contributed by atoms with Gasteiger partial charge in [-0.05, 0) is 47.5 Å². The highest BCUT2D eigenvalue weighted by Gasteiger charge is 2.20. The van der Waals surface area contributed by atoms with E-state index in [1.54, 1.807) is 13.8 Å². The van der Waals surface area contributed by atoms with Crippen LogP contribution in [-0.2, 0) is 35.1 Å². The lowest BCUT2D eigenvalue weighted by Crippen LogP contribution is -2.28. The highest BCUT2D eigenvalue weighted by Crippen LogP contribution is 2.39. The van der Waals surface area contributed by atoms with Crippen LogP contribution in [-0.4, -0.2) is 55.6 Å². The Labute approximate surface area is 244 Å². The topological polar surface area (TPSA) is 76.0 Å². The molecule has 0 N–H and O–H groups in total. The molecular formula is C35H35NO6. The summed E-state index contributed by atoms with van der Waals surface area (Å²) in [4.78, 5) is 23.6. The van der Waals surface area contributed by atoms with E-state index in [4.69, 9.17) is 18.9 Å². The molecule has 1 unspecified atom stereocenters. The minimum Gasteiger partial charge on any atom is -0.460 e. The normalized spacial score (nSPS) is 12.1. The predicted molar refractivity (Wildman–Crippen MR) is 167 cm³/mol. The molecule has 42 heavy (non-hydrogen) atoms. The molecule has 4 aromatic carbocycles. The maximum atomic E-state index is 11.8. The maximum absolute atomic E-state index is 11.8. The van der Waals surface area contributed by atoms with E-state index < -0.39 is 11.9 Å². The van der Waals surface area contributed by atoms with E-state index >= 15 is 0 Å². The molecule has 0 fully saturated rings. The summed E-state index contributed by atoms with van der Waals surface area (Å²) in [6.07, 6.45) is -0.373. The number of carbonyl (C=O) groups is 2. The molecule has 0 spiro atoms. The lowest BCUT2D eigenvalue weighted by molar-refractivity contribution is -0.143. The third-order valence-electron chi connectivity index (χ3n) is 7.16. The van der Waals surface area contributed by atoms with Gasteiger partial charge in [0.1, 0.15) is 13.2 Å². The molecule has 0 aliphatic carbocycles. The number of aromatic nitrogens is 1. The number of esters is 2. The largest absolute Gasteiger partial charge is 0.460 e. The average molecular weight is 566 g/mol. The second kappa shape index (κ2) is 13.0. The van der Waals surface area contributed by atoms with Crippen molar-refractivity contribution in [2.75, 3.05) is 33.0 Å². The summed E-state index contributed by atoms with van der Waals surface area (Å²) >= 11 is 0. The molecule has 0 saturated heterocycles. The third kappa shape index (κ3) is 6.22. The van der Waals surface area contributed by atoms with Gasteiger partial charge in [0, 0.05) is 33.0 Å². The van der Waals surface area contributed by atoms with E-state index in [0.717, 1.165) is 11.0 Å². The van der Waals surface area contributed by atoms with Crippen molar-refractivity contribution < 1.29 is 28.5 Å². The van der Waals surface area contributed by atoms with Gasteiger partial charge in [-0.25, -0.2) is 9.59 Å². The van der Waals surface area contributed by atoms with E-state index in [1.165, 1.54) is 32.3 Å². The smallest absolute Gasteiger partial charge is 0.333 e. The van der Waals surface area contributed by atoms with Crippen LogP contribution >= 0.6 is 0 Å². The molecule has 0 amide bonds.